The van der Waals surface area contributed by atoms with E-state index in [1.54, 1.807) is 36.4 Å². The molecule has 0 bridgehead atoms. The van der Waals surface area contributed by atoms with E-state index in [0.717, 1.165) is 16.7 Å². The summed E-state index contributed by atoms with van der Waals surface area (Å²) in [6.45, 7) is 1.77. The van der Waals surface area contributed by atoms with E-state index in [9.17, 15) is 19.5 Å². The molecule has 13 heteroatoms. The fraction of sp³-hybridized carbons (Fsp3) is 0.289. The Morgan fingerprint density at radius 2 is 1.69 bits per heavy atom. The molecule has 0 spiro atoms. The first-order valence-electron chi connectivity index (χ1n) is 16.5. The number of fused-ring (bicyclic) bond motifs is 2. The number of hydrogen-bond donors (Lipinski definition) is 2. The van der Waals surface area contributed by atoms with Crippen molar-refractivity contribution in [2.24, 2.45) is 0 Å². The van der Waals surface area contributed by atoms with Crippen LogP contribution in [0, 0.1) is 6.92 Å². The van der Waals surface area contributed by atoms with Crippen molar-refractivity contribution in [3.8, 4) is 17.2 Å². The lowest BCUT2D eigenvalue weighted by atomic mass is 10.00. The maximum atomic E-state index is 13.8. The molecule has 1 aliphatic rings. The monoisotopic (exact) mass is 733 g/mol. The maximum Gasteiger partial charge on any atom is 0.419 e. The van der Waals surface area contributed by atoms with E-state index >= 15 is 0 Å². The topological polar surface area (TPSA) is 132 Å². The highest BCUT2D eigenvalue weighted by atomic mass is 35.5. The quantitative estimate of drug-likeness (QED) is 0.143. The number of para-hydroxylation sites is 2. The first-order chi connectivity index (χ1) is 24.6. The van der Waals surface area contributed by atoms with Crippen molar-refractivity contribution in [3.05, 3.63) is 122 Å². The lowest BCUT2D eigenvalue weighted by molar-refractivity contribution is -0.135. The Kier molecular flexibility index (Phi) is 11.5. The molecule has 2 heterocycles. The molecule has 1 aliphatic heterocycles. The zero-order chi connectivity index (χ0) is 35.9. The summed E-state index contributed by atoms with van der Waals surface area (Å²) in [5.41, 5.74) is 3.64. The van der Waals surface area contributed by atoms with Gasteiger partial charge in [-0.1, -0.05) is 71.7 Å². The molecule has 266 valence electrons. The van der Waals surface area contributed by atoms with Crippen LogP contribution in [0.25, 0.3) is 11.1 Å². The summed E-state index contributed by atoms with van der Waals surface area (Å²) >= 11 is 12.7. The van der Waals surface area contributed by atoms with Crippen molar-refractivity contribution in [2.45, 2.75) is 44.9 Å². The number of aryl methyl sites for hydroxylation is 2. The Bertz CT molecular complexity index is 2040. The molecule has 2 unspecified atom stereocenters. The van der Waals surface area contributed by atoms with E-state index in [2.05, 4.69) is 5.32 Å². The molecule has 0 saturated heterocycles. The van der Waals surface area contributed by atoms with Crippen molar-refractivity contribution in [1.29, 1.82) is 0 Å². The SMILES string of the molecule is Cc1cc(Cl)c(OCC(=O)N(CCc2ccc3c(c2)OCO3)CC(O)C(Cc2ccccc2)NC(=O)CCn2c(=O)oc3ccccc32)c(Cl)c1. The third-order valence-electron chi connectivity index (χ3n) is 8.60. The lowest BCUT2D eigenvalue weighted by Crippen LogP contribution is -2.51. The number of nitrogens with zero attached hydrogens (tertiary/aromatic N) is 2. The predicted octanol–water partition coefficient (Wildman–Crippen LogP) is 5.57. The normalized spacial score (nSPS) is 13.2. The van der Waals surface area contributed by atoms with Gasteiger partial charge < -0.3 is 34.0 Å². The highest BCUT2D eigenvalue weighted by molar-refractivity contribution is 6.37. The van der Waals surface area contributed by atoms with Gasteiger partial charge in [-0.2, -0.15) is 0 Å². The molecule has 5 aromatic rings. The number of oxazole rings is 1. The number of aromatic nitrogens is 1. The van der Waals surface area contributed by atoms with Crippen molar-refractivity contribution >= 4 is 46.1 Å². The second kappa shape index (κ2) is 16.4. The van der Waals surface area contributed by atoms with Crippen molar-refractivity contribution in [3.63, 3.8) is 0 Å². The highest BCUT2D eigenvalue weighted by Crippen LogP contribution is 2.34. The third kappa shape index (κ3) is 9.04. The van der Waals surface area contributed by atoms with Crippen molar-refractivity contribution in [1.82, 2.24) is 14.8 Å². The highest BCUT2D eigenvalue weighted by Gasteiger charge is 2.27. The number of hydrogen-bond acceptors (Lipinski definition) is 8. The van der Waals surface area contributed by atoms with Gasteiger partial charge in [0, 0.05) is 26.1 Å². The summed E-state index contributed by atoms with van der Waals surface area (Å²) in [6.07, 6.45) is -0.499. The zero-order valence-corrected chi connectivity index (χ0v) is 29.4. The third-order valence-corrected chi connectivity index (χ3v) is 9.16. The van der Waals surface area contributed by atoms with Crippen molar-refractivity contribution in [2.75, 3.05) is 26.5 Å². The first kappa shape index (κ1) is 35.8. The van der Waals surface area contributed by atoms with Gasteiger partial charge in [0.15, 0.2) is 29.4 Å². The minimum Gasteiger partial charge on any atom is -0.481 e. The number of aliphatic hydroxyl groups is 1. The minimum atomic E-state index is -1.18. The molecule has 11 nitrogen and oxygen atoms in total. The Balaban J connectivity index is 1.18. The van der Waals surface area contributed by atoms with Gasteiger partial charge in [-0.15, -0.1) is 0 Å². The fourth-order valence-electron chi connectivity index (χ4n) is 5.95. The molecule has 2 amide bonds. The smallest absolute Gasteiger partial charge is 0.419 e. The van der Waals surface area contributed by atoms with Crippen LogP contribution in [0.1, 0.15) is 23.1 Å². The van der Waals surface area contributed by atoms with Gasteiger partial charge in [0.05, 0.1) is 27.7 Å². The average Bonchev–Trinajstić information content (AvgIpc) is 3.71. The number of amides is 2. The minimum absolute atomic E-state index is 0.0416. The van der Waals surface area contributed by atoms with Gasteiger partial charge in [-0.05, 0) is 72.9 Å². The Morgan fingerprint density at radius 3 is 2.47 bits per heavy atom. The molecule has 0 fully saturated rings. The van der Waals surface area contributed by atoms with Gasteiger partial charge in [-0.25, -0.2) is 4.79 Å². The fourth-order valence-corrected chi connectivity index (χ4v) is 6.66. The van der Waals surface area contributed by atoms with E-state index in [1.165, 1.54) is 9.47 Å². The first-order valence-corrected chi connectivity index (χ1v) is 17.2. The molecule has 4 aromatic carbocycles. The van der Waals surface area contributed by atoms with Gasteiger partial charge in [0.25, 0.3) is 5.91 Å². The second-order valence-corrected chi connectivity index (χ2v) is 13.1. The molecule has 1 aromatic heterocycles. The molecular formula is C38H37Cl2N3O8. The number of rotatable bonds is 15. The van der Waals surface area contributed by atoms with E-state index in [1.807, 2.05) is 55.5 Å². The number of nitrogens with one attached hydrogen (secondary N) is 1. The average molecular weight is 735 g/mol. The number of carbonyl (C=O) groups is 2. The van der Waals surface area contributed by atoms with Crippen LogP contribution < -0.4 is 25.3 Å². The Hall–Kier alpha value is -4.97. The van der Waals surface area contributed by atoms with Crippen LogP contribution in [0.15, 0.2) is 94.1 Å². The molecule has 51 heavy (non-hydrogen) atoms. The lowest BCUT2D eigenvalue weighted by Gasteiger charge is -2.30. The molecular weight excluding hydrogens is 697 g/mol. The van der Waals surface area contributed by atoms with Gasteiger partial charge in [0.1, 0.15) is 0 Å². The Morgan fingerprint density at radius 1 is 0.961 bits per heavy atom. The van der Waals surface area contributed by atoms with Crippen LogP contribution in [0.5, 0.6) is 17.2 Å². The van der Waals surface area contributed by atoms with Crippen LogP contribution in [-0.4, -0.2) is 65.0 Å². The van der Waals surface area contributed by atoms with Crippen LogP contribution >= 0.6 is 23.2 Å². The van der Waals surface area contributed by atoms with Gasteiger partial charge >= 0.3 is 5.76 Å². The standard InChI is InChI=1S/C38H37Cl2N3O8/c1-24-17-27(39)37(28(40)18-24)48-22-36(46)42(15-13-26-11-12-33-34(20-26)50-23-49-33)21-31(44)29(19-25-7-3-2-4-8-25)41-35(45)14-16-43-30-9-5-6-10-32(30)51-38(43)47/h2-12,17-18,20,29,31,44H,13-16,19,21-23H2,1H3,(H,41,45). The zero-order valence-electron chi connectivity index (χ0n) is 27.8. The molecule has 0 saturated carbocycles. The Labute approximate surface area is 304 Å². The second-order valence-electron chi connectivity index (χ2n) is 12.3. The number of carbonyl (C=O) groups excluding carboxylic acids is 2. The molecule has 0 aliphatic carbocycles. The van der Waals surface area contributed by atoms with Crippen molar-refractivity contribution < 1.29 is 33.3 Å². The predicted molar refractivity (Wildman–Crippen MR) is 193 cm³/mol. The summed E-state index contributed by atoms with van der Waals surface area (Å²) in [5.74, 6) is 0.0986. The number of aliphatic hydroxyl groups excluding tert-OH is 1. The van der Waals surface area contributed by atoms with Crippen LogP contribution in [0.3, 0.4) is 0 Å². The van der Waals surface area contributed by atoms with E-state index in [0.29, 0.717) is 29.0 Å². The molecule has 0 radical (unpaired) electrons. The summed E-state index contributed by atoms with van der Waals surface area (Å²) in [7, 11) is 0. The van der Waals surface area contributed by atoms with Gasteiger partial charge in [0.2, 0.25) is 12.7 Å². The van der Waals surface area contributed by atoms with Crippen LogP contribution in [0.2, 0.25) is 10.0 Å². The van der Waals surface area contributed by atoms with E-state index < -0.39 is 23.8 Å². The largest absolute Gasteiger partial charge is 0.481 e. The van der Waals surface area contributed by atoms with Crippen LogP contribution in [0.4, 0.5) is 0 Å². The molecule has 2 N–H and O–H groups in total. The summed E-state index contributed by atoms with van der Waals surface area (Å²) in [4.78, 5) is 41.1. The maximum absolute atomic E-state index is 13.8. The number of benzene rings is 4. The van der Waals surface area contributed by atoms with E-state index in [4.69, 9.17) is 41.8 Å². The number of halogens is 2. The van der Waals surface area contributed by atoms with Gasteiger partial charge in [-0.3, -0.25) is 14.2 Å². The molecule has 6 rings (SSSR count). The summed E-state index contributed by atoms with van der Waals surface area (Å²) in [5, 5.41) is 15.2. The summed E-state index contributed by atoms with van der Waals surface area (Å²) in [6, 6.07) is 24.6. The van der Waals surface area contributed by atoms with Crippen LogP contribution in [-0.2, 0) is 29.0 Å². The summed E-state index contributed by atoms with van der Waals surface area (Å²) < 4.78 is 23.5. The number of ether oxygens (including phenoxy) is 3. The molecule has 2 atom stereocenters. The van der Waals surface area contributed by atoms with E-state index in [-0.39, 0.29) is 67.6 Å².